The summed E-state index contributed by atoms with van der Waals surface area (Å²) in [5.74, 6) is 0.284. The van der Waals surface area contributed by atoms with E-state index in [2.05, 4.69) is 11.8 Å². The van der Waals surface area contributed by atoms with Crippen LogP contribution in [0.2, 0.25) is 0 Å². The summed E-state index contributed by atoms with van der Waals surface area (Å²) in [5, 5.41) is 10.9. The van der Waals surface area contributed by atoms with Gasteiger partial charge in [0.25, 0.3) is 0 Å². The number of anilines is 1. The highest BCUT2D eigenvalue weighted by Gasteiger charge is 2.30. The molecule has 2 rings (SSSR count). The van der Waals surface area contributed by atoms with E-state index in [0.29, 0.717) is 0 Å². The lowest BCUT2D eigenvalue weighted by molar-refractivity contribution is -0.385. The maximum Gasteiger partial charge on any atom is 0.311 e. The fourth-order valence-corrected chi connectivity index (χ4v) is 2.56. The molecule has 1 aliphatic heterocycles. The molecule has 1 heterocycles. The molecule has 0 aromatic heterocycles. The Morgan fingerprint density at radius 1 is 1.40 bits per heavy atom. The van der Waals surface area contributed by atoms with Crippen LogP contribution in [0.3, 0.4) is 0 Å². The lowest BCUT2D eigenvalue weighted by Crippen LogP contribution is -2.52. The zero-order valence-electron chi connectivity index (χ0n) is 12.2. The third kappa shape index (κ3) is 2.70. The molecule has 110 valence electrons. The Labute approximate surface area is 118 Å². The minimum atomic E-state index is -0.434. The van der Waals surface area contributed by atoms with Gasteiger partial charge in [0.05, 0.1) is 30.3 Å². The van der Waals surface area contributed by atoms with Crippen LogP contribution in [0.15, 0.2) is 18.2 Å². The molecule has 1 fully saturated rings. The molecular weight excluding hydrogens is 260 g/mol. The highest BCUT2D eigenvalue weighted by Crippen LogP contribution is 2.33. The number of methoxy groups -OCH3 is 1. The second kappa shape index (κ2) is 5.66. The van der Waals surface area contributed by atoms with E-state index in [1.807, 2.05) is 13.8 Å². The number of nitro benzene ring substituents is 1. The average molecular weight is 280 g/mol. The number of rotatable bonds is 3. The van der Waals surface area contributed by atoms with Gasteiger partial charge < -0.3 is 14.4 Å². The predicted octanol–water partition coefficient (Wildman–Crippen LogP) is 2.61. The van der Waals surface area contributed by atoms with Crippen molar-refractivity contribution >= 4 is 11.4 Å². The van der Waals surface area contributed by atoms with Crippen LogP contribution in [0.4, 0.5) is 11.4 Å². The zero-order valence-corrected chi connectivity index (χ0v) is 12.2. The van der Waals surface area contributed by atoms with E-state index in [1.54, 1.807) is 12.1 Å². The number of nitro groups is 1. The summed E-state index contributed by atoms with van der Waals surface area (Å²) in [5.41, 5.74) is 0.903. The van der Waals surface area contributed by atoms with Gasteiger partial charge in [-0.2, -0.15) is 0 Å². The van der Waals surface area contributed by atoms with Gasteiger partial charge in [-0.15, -0.1) is 0 Å². The van der Waals surface area contributed by atoms with E-state index in [0.717, 1.165) is 12.2 Å². The maximum absolute atomic E-state index is 10.9. The molecule has 0 N–H and O–H groups in total. The van der Waals surface area contributed by atoms with Crippen LogP contribution in [-0.2, 0) is 4.74 Å². The first kappa shape index (κ1) is 14.6. The molecule has 6 heteroatoms. The third-order valence-corrected chi connectivity index (χ3v) is 3.76. The predicted molar refractivity (Wildman–Crippen MR) is 76.5 cm³/mol. The molecule has 3 unspecified atom stereocenters. The molecule has 6 nitrogen and oxygen atoms in total. The van der Waals surface area contributed by atoms with Crippen LogP contribution < -0.4 is 9.64 Å². The lowest BCUT2D eigenvalue weighted by atomic mass is 10.1. The van der Waals surface area contributed by atoms with Gasteiger partial charge in [0, 0.05) is 24.4 Å². The molecule has 1 aliphatic rings. The van der Waals surface area contributed by atoms with Crippen molar-refractivity contribution in [2.75, 3.05) is 18.6 Å². The molecule has 0 bridgehead atoms. The quantitative estimate of drug-likeness (QED) is 0.629. The first-order chi connectivity index (χ1) is 9.43. The van der Waals surface area contributed by atoms with E-state index in [-0.39, 0.29) is 29.7 Å². The van der Waals surface area contributed by atoms with E-state index in [9.17, 15) is 10.1 Å². The normalized spacial score (nSPS) is 26.4. The summed E-state index contributed by atoms with van der Waals surface area (Å²) >= 11 is 0. The molecule has 0 spiro atoms. The first-order valence-corrected chi connectivity index (χ1v) is 6.68. The summed E-state index contributed by atoms with van der Waals surface area (Å²) in [6.07, 6.45) is 0.238. The van der Waals surface area contributed by atoms with Gasteiger partial charge >= 0.3 is 5.69 Å². The topological polar surface area (TPSA) is 64.8 Å². The zero-order chi connectivity index (χ0) is 14.9. The molecule has 0 amide bonds. The summed E-state index contributed by atoms with van der Waals surface area (Å²) < 4.78 is 10.9. The van der Waals surface area contributed by atoms with Crippen LogP contribution in [0.25, 0.3) is 0 Å². The van der Waals surface area contributed by atoms with Crippen LogP contribution in [0, 0.1) is 10.1 Å². The van der Waals surface area contributed by atoms with Crippen molar-refractivity contribution in [3.63, 3.8) is 0 Å². The standard InChI is InChI=1S/C14H20N2O4/c1-9-8-15(10(2)11(3)20-9)12-5-6-13(16(17)18)14(7-12)19-4/h5-7,9-11H,8H2,1-4H3. The van der Waals surface area contributed by atoms with E-state index < -0.39 is 4.92 Å². The van der Waals surface area contributed by atoms with Crippen LogP contribution >= 0.6 is 0 Å². The van der Waals surface area contributed by atoms with Crippen molar-refractivity contribution < 1.29 is 14.4 Å². The average Bonchev–Trinajstić information content (AvgIpc) is 2.41. The highest BCUT2D eigenvalue weighted by molar-refractivity contribution is 5.60. The van der Waals surface area contributed by atoms with Crippen LogP contribution in [0.1, 0.15) is 20.8 Å². The molecule has 20 heavy (non-hydrogen) atoms. The fraction of sp³-hybridized carbons (Fsp3) is 0.571. The molecule has 3 atom stereocenters. The molecule has 1 saturated heterocycles. The molecule has 1 aromatic rings. The number of morpholine rings is 1. The minimum Gasteiger partial charge on any atom is -0.490 e. The van der Waals surface area contributed by atoms with Crippen molar-refractivity contribution in [3.8, 4) is 5.75 Å². The number of hydrogen-bond donors (Lipinski definition) is 0. The van der Waals surface area contributed by atoms with Gasteiger partial charge in [-0.05, 0) is 26.8 Å². The minimum absolute atomic E-state index is 0.0155. The monoisotopic (exact) mass is 280 g/mol. The first-order valence-electron chi connectivity index (χ1n) is 6.68. The van der Waals surface area contributed by atoms with Crippen LogP contribution in [0.5, 0.6) is 5.75 Å². The van der Waals surface area contributed by atoms with Gasteiger partial charge in [0.15, 0.2) is 5.75 Å². The summed E-state index contributed by atoms with van der Waals surface area (Å²) in [7, 11) is 1.44. The number of benzene rings is 1. The Hall–Kier alpha value is -1.82. The summed E-state index contributed by atoms with van der Waals surface area (Å²) in [6.45, 7) is 6.91. The second-order valence-corrected chi connectivity index (χ2v) is 5.16. The van der Waals surface area contributed by atoms with Gasteiger partial charge in [-0.25, -0.2) is 0 Å². The van der Waals surface area contributed by atoms with Crippen molar-refractivity contribution in [2.45, 2.75) is 39.0 Å². The van der Waals surface area contributed by atoms with Gasteiger partial charge in [-0.3, -0.25) is 10.1 Å². The second-order valence-electron chi connectivity index (χ2n) is 5.16. The lowest BCUT2D eigenvalue weighted by Gasteiger charge is -2.42. The Kier molecular flexibility index (Phi) is 4.13. The molecular formula is C14H20N2O4. The highest BCUT2D eigenvalue weighted by atomic mass is 16.6. The SMILES string of the molecule is COc1cc(N2CC(C)OC(C)C2C)ccc1[N+](=O)[O-]. The number of nitrogens with zero attached hydrogens (tertiary/aromatic N) is 2. The van der Waals surface area contributed by atoms with Gasteiger partial charge in [0.1, 0.15) is 0 Å². The largest absolute Gasteiger partial charge is 0.490 e. The molecule has 1 aromatic carbocycles. The Morgan fingerprint density at radius 3 is 2.70 bits per heavy atom. The number of hydrogen-bond acceptors (Lipinski definition) is 5. The molecule has 0 aliphatic carbocycles. The van der Waals surface area contributed by atoms with Crippen LogP contribution in [-0.4, -0.2) is 36.8 Å². The fourth-order valence-electron chi connectivity index (χ4n) is 2.56. The van der Waals surface area contributed by atoms with Crippen molar-refractivity contribution in [3.05, 3.63) is 28.3 Å². The summed E-state index contributed by atoms with van der Waals surface area (Å²) in [4.78, 5) is 12.7. The van der Waals surface area contributed by atoms with Gasteiger partial charge in [0.2, 0.25) is 0 Å². The summed E-state index contributed by atoms with van der Waals surface area (Å²) in [6, 6.07) is 5.19. The van der Waals surface area contributed by atoms with Crippen molar-refractivity contribution in [2.24, 2.45) is 0 Å². The maximum atomic E-state index is 10.9. The van der Waals surface area contributed by atoms with E-state index in [4.69, 9.17) is 9.47 Å². The van der Waals surface area contributed by atoms with Crippen molar-refractivity contribution in [1.82, 2.24) is 0 Å². The third-order valence-electron chi connectivity index (χ3n) is 3.76. The number of ether oxygens (including phenoxy) is 2. The Balaban J connectivity index is 2.34. The Morgan fingerprint density at radius 2 is 2.10 bits per heavy atom. The molecule has 0 radical (unpaired) electrons. The van der Waals surface area contributed by atoms with Gasteiger partial charge in [-0.1, -0.05) is 0 Å². The van der Waals surface area contributed by atoms with E-state index in [1.165, 1.54) is 13.2 Å². The molecule has 0 saturated carbocycles. The Bertz CT molecular complexity index is 506. The van der Waals surface area contributed by atoms with E-state index >= 15 is 0 Å². The van der Waals surface area contributed by atoms with Crippen molar-refractivity contribution in [1.29, 1.82) is 0 Å². The smallest absolute Gasteiger partial charge is 0.311 e.